The molecule has 0 bridgehead atoms. The molecule has 1 N–H and O–H groups in total. The topological polar surface area (TPSA) is 54.9 Å². The van der Waals surface area contributed by atoms with E-state index < -0.39 is 0 Å². The van der Waals surface area contributed by atoms with E-state index in [0.717, 1.165) is 48.7 Å². The zero-order valence-corrected chi connectivity index (χ0v) is 16.6. The molecule has 29 heavy (non-hydrogen) atoms. The minimum atomic E-state index is -0.265. The normalized spacial score (nSPS) is 19.0. The number of hydrogen-bond acceptors (Lipinski definition) is 4. The Bertz CT molecular complexity index is 1010. The molecular formula is C23H21ClFN3O. The van der Waals surface area contributed by atoms with Crippen molar-refractivity contribution in [3.63, 3.8) is 0 Å². The molecule has 1 saturated carbocycles. The quantitative estimate of drug-likeness (QED) is 0.543. The first-order valence-electron chi connectivity index (χ1n) is 9.73. The van der Waals surface area contributed by atoms with Crippen molar-refractivity contribution in [2.24, 2.45) is 5.92 Å². The van der Waals surface area contributed by atoms with E-state index in [1.54, 1.807) is 18.3 Å². The Labute approximate surface area is 174 Å². The average Bonchev–Trinajstić information content (AvgIpc) is 2.76. The summed E-state index contributed by atoms with van der Waals surface area (Å²) in [6.07, 6.45) is 6.39. The first kappa shape index (κ1) is 19.5. The van der Waals surface area contributed by atoms with Crippen molar-refractivity contribution in [1.82, 2.24) is 9.97 Å². The van der Waals surface area contributed by atoms with Crippen molar-refractivity contribution in [3.8, 4) is 22.4 Å². The largest absolute Gasteiger partial charge is 0.351 e. The van der Waals surface area contributed by atoms with Crippen LogP contribution in [-0.4, -0.2) is 22.3 Å². The molecule has 1 aliphatic carbocycles. The third-order valence-electron chi connectivity index (χ3n) is 5.30. The molecule has 1 fully saturated rings. The molecule has 6 heteroatoms. The van der Waals surface area contributed by atoms with Gasteiger partial charge in [-0.05, 0) is 48.6 Å². The third kappa shape index (κ3) is 4.62. The molecule has 2 aromatic carbocycles. The van der Waals surface area contributed by atoms with Crippen LogP contribution in [0, 0.1) is 11.7 Å². The highest BCUT2D eigenvalue weighted by atomic mass is 35.5. The lowest BCUT2D eigenvalue weighted by Gasteiger charge is -2.26. The molecule has 3 aromatic rings. The van der Waals surface area contributed by atoms with E-state index in [-0.39, 0.29) is 17.8 Å². The number of benzene rings is 2. The van der Waals surface area contributed by atoms with E-state index in [9.17, 15) is 9.18 Å². The van der Waals surface area contributed by atoms with Gasteiger partial charge in [0.2, 0.25) is 5.95 Å². The van der Waals surface area contributed by atoms with Crippen LogP contribution in [0.1, 0.15) is 25.7 Å². The molecule has 1 aromatic heterocycles. The second kappa shape index (κ2) is 8.70. The summed E-state index contributed by atoms with van der Waals surface area (Å²) in [6.45, 7) is 0. The fourth-order valence-corrected chi connectivity index (χ4v) is 3.99. The van der Waals surface area contributed by atoms with E-state index in [1.807, 2.05) is 24.3 Å². The summed E-state index contributed by atoms with van der Waals surface area (Å²) < 4.78 is 13.2. The Morgan fingerprint density at radius 1 is 1.07 bits per heavy atom. The summed E-state index contributed by atoms with van der Waals surface area (Å²) in [4.78, 5) is 20.1. The van der Waals surface area contributed by atoms with Gasteiger partial charge in [-0.1, -0.05) is 48.4 Å². The maximum atomic E-state index is 13.2. The van der Waals surface area contributed by atoms with Gasteiger partial charge in [0.1, 0.15) is 12.1 Å². The van der Waals surface area contributed by atoms with Gasteiger partial charge in [0.05, 0.1) is 16.9 Å². The van der Waals surface area contributed by atoms with Gasteiger partial charge in [-0.15, -0.1) is 0 Å². The van der Waals surface area contributed by atoms with Gasteiger partial charge >= 0.3 is 0 Å². The summed E-state index contributed by atoms with van der Waals surface area (Å²) in [5, 5.41) is 3.81. The van der Waals surface area contributed by atoms with Crippen LogP contribution < -0.4 is 5.32 Å². The minimum Gasteiger partial charge on any atom is -0.351 e. The van der Waals surface area contributed by atoms with E-state index in [0.29, 0.717) is 16.7 Å². The second-order valence-electron chi connectivity index (χ2n) is 7.38. The molecule has 4 nitrogen and oxygen atoms in total. The van der Waals surface area contributed by atoms with Gasteiger partial charge in [-0.25, -0.2) is 14.4 Å². The number of nitrogens with zero attached hydrogens (tertiary/aromatic N) is 2. The van der Waals surface area contributed by atoms with Crippen LogP contribution in [0.15, 0.2) is 54.7 Å². The number of aromatic nitrogens is 2. The van der Waals surface area contributed by atoms with Crippen LogP contribution in [0.25, 0.3) is 22.4 Å². The van der Waals surface area contributed by atoms with E-state index in [4.69, 9.17) is 11.6 Å². The van der Waals surface area contributed by atoms with Crippen molar-refractivity contribution in [3.05, 3.63) is 65.6 Å². The summed E-state index contributed by atoms with van der Waals surface area (Å²) in [6, 6.07) is 14.4. The Morgan fingerprint density at radius 2 is 1.86 bits per heavy atom. The average molecular weight is 410 g/mol. The lowest BCUT2D eigenvalue weighted by atomic mass is 9.87. The van der Waals surface area contributed by atoms with Crippen LogP contribution in [0.5, 0.6) is 0 Å². The van der Waals surface area contributed by atoms with Gasteiger partial charge in [0, 0.05) is 17.5 Å². The number of anilines is 1. The molecule has 1 aliphatic rings. The predicted molar refractivity (Wildman–Crippen MR) is 113 cm³/mol. The zero-order valence-electron chi connectivity index (χ0n) is 15.8. The van der Waals surface area contributed by atoms with E-state index >= 15 is 0 Å². The van der Waals surface area contributed by atoms with Gasteiger partial charge in [0.25, 0.3) is 0 Å². The molecule has 0 radical (unpaired) electrons. The van der Waals surface area contributed by atoms with Crippen molar-refractivity contribution < 1.29 is 9.18 Å². The van der Waals surface area contributed by atoms with Crippen molar-refractivity contribution >= 4 is 23.8 Å². The van der Waals surface area contributed by atoms with E-state index in [2.05, 4.69) is 15.3 Å². The number of nitrogens with one attached hydrogen (secondary N) is 1. The molecule has 1 heterocycles. The van der Waals surface area contributed by atoms with Gasteiger partial charge < -0.3 is 10.1 Å². The summed E-state index contributed by atoms with van der Waals surface area (Å²) in [5.41, 5.74) is 3.36. The lowest BCUT2D eigenvalue weighted by molar-refractivity contribution is -0.111. The number of halogens is 2. The fourth-order valence-electron chi connectivity index (χ4n) is 3.79. The van der Waals surface area contributed by atoms with Crippen LogP contribution >= 0.6 is 11.6 Å². The molecule has 0 amide bonds. The van der Waals surface area contributed by atoms with Crippen LogP contribution in [0.4, 0.5) is 10.3 Å². The fraction of sp³-hybridized carbons (Fsp3) is 0.261. The van der Waals surface area contributed by atoms with Crippen molar-refractivity contribution in [2.75, 3.05) is 5.32 Å². The van der Waals surface area contributed by atoms with E-state index in [1.165, 1.54) is 12.1 Å². The summed E-state index contributed by atoms with van der Waals surface area (Å²) in [5.74, 6) is 0.340. The monoisotopic (exact) mass is 409 g/mol. The highest BCUT2D eigenvalue weighted by Crippen LogP contribution is 2.31. The van der Waals surface area contributed by atoms with Crippen molar-refractivity contribution in [2.45, 2.75) is 31.7 Å². The number of aldehydes is 1. The standard InChI is InChI=1S/C23H21ClFN3O/c24-21-13-26-23(27-20-6-1-3-15(11-20)14-29)28-22(21)18-5-2-4-17(12-18)16-7-9-19(25)10-8-16/h2,4-5,7-10,12-15,20H,1,3,6,11H2,(H,26,27,28). The lowest BCUT2D eigenvalue weighted by Crippen LogP contribution is -2.28. The molecule has 0 spiro atoms. The molecule has 2 unspecified atom stereocenters. The maximum Gasteiger partial charge on any atom is 0.223 e. The maximum absolute atomic E-state index is 13.2. The molecule has 0 aliphatic heterocycles. The predicted octanol–water partition coefficient (Wildman–Crippen LogP) is 5.77. The van der Waals surface area contributed by atoms with Gasteiger partial charge in [-0.3, -0.25) is 0 Å². The highest BCUT2D eigenvalue weighted by Gasteiger charge is 2.22. The van der Waals surface area contributed by atoms with Crippen molar-refractivity contribution in [1.29, 1.82) is 0 Å². The number of rotatable bonds is 5. The van der Waals surface area contributed by atoms with Gasteiger partial charge in [0.15, 0.2) is 0 Å². The Kier molecular flexibility index (Phi) is 5.86. The summed E-state index contributed by atoms with van der Waals surface area (Å²) in [7, 11) is 0. The van der Waals surface area contributed by atoms with Gasteiger partial charge in [-0.2, -0.15) is 0 Å². The molecule has 148 valence electrons. The Balaban J connectivity index is 1.60. The molecule has 0 saturated heterocycles. The van der Waals surface area contributed by atoms with Crippen LogP contribution in [0.3, 0.4) is 0 Å². The zero-order chi connectivity index (χ0) is 20.2. The number of carbonyl (C=O) groups is 1. The first-order chi connectivity index (χ1) is 14.1. The molecular weight excluding hydrogens is 389 g/mol. The Morgan fingerprint density at radius 3 is 2.66 bits per heavy atom. The van der Waals surface area contributed by atoms with Crippen LogP contribution in [0.2, 0.25) is 5.02 Å². The minimum absolute atomic E-state index is 0.0976. The number of carbonyl (C=O) groups excluding carboxylic acids is 1. The third-order valence-corrected chi connectivity index (χ3v) is 5.57. The smallest absolute Gasteiger partial charge is 0.223 e. The highest BCUT2D eigenvalue weighted by molar-refractivity contribution is 6.32. The second-order valence-corrected chi connectivity index (χ2v) is 7.79. The Hall–Kier alpha value is -2.79. The number of hydrogen-bond donors (Lipinski definition) is 1. The molecule has 2 atom stereocenters. The summed E-state index contributed by atoms with van der Waals surface area (Å²) >= 11 is 6.39. The molecule has 4 rings (SSSR count). The SMILES string of the molecule is O=CC1CCCC(Nc2ncc(Cl)c(-c3cccc(-c4ccc(F)cc4)c3)n2)C1. The first-order valence-corrected chi connectivity index (χ1v) is 10.1. The van der Waals surface area contributed by atoms with Crippen LogP contribution in [-0.2, 0) is 4.79 Å².